The Labute approximate surface area is 212 Å². The number of nitrogens with zero attached hydrogens (tertiary/aromatic N) is 3. The second kappa shape index (κ2) is 9.20. The Morgan fingerprint density at radius 3 is 2.65 bits per heavy atom. The molecule has 190 valence electrons. The Morgan fingerprint density at radius 1 is 1.19 bits per heavy atom. The van der Waals surface area contributed by atoms with Crippen molar-refractivity contribution in [3.63, 3.8) is 0 Å². The summed E-state index contributed by atoms with van der Waals surface area (Å²) in [5.41, 5.74) is 0.939. The van der Waals surface area contributed by atoms with Crippen molar-refractivity contribution in [1.82, 2.24) is 15.1 Å². The highest BCUT2D eigenvalue weighted by atomic mass is 19.1. The third kappa shape index (κ3) is 4.04. The fraction of sp³-hybridized carbons (Fsp3) is 0.346. The molecule has 1 aliphatic carbocycles. The molecule has 0 aromatic heterocycles. The molecule has 5 rings (SSSR count). The van der Waals surface area contributed by atoms with Gasteiger partial charge in [0.05, 0.1) is 12.1 Å². The topological polar surface area (TPSA) is 132 Å². The number of hydrogen-bond acceptors (Lipinski definition) is 6. The van der Waals surface area contributed by atoms with Gasteiger partial charge in [-0.1, -0.05) is 18.2 Å². The van der Waals surface area contributed by atoms with Crippen LogP contribution >= 0.6 is 0 Å². The van der Waals surface area contributed by atoms with Crippen molar-refractivity contribution in [3.05, 3.63) is 65.0 Å². The maximum absolute atomic E-state index is 13.5. The molecule has 1 spiro atoms. The first-order chi connectivity index (χ1) is 17.8. The largest absolute Gasteiger partial charge is 0.427 e. The van der Waals surface area contributed by atoms with Crippen molar-refractivity contribution in [1.29, 1.82) is 5.26 Å². The third-order valence-corrected chi connectivity index (χ3v) is 7.21. The Hall–Kier alpha value is -4.46. The minimum absolute atomic E-state index is 0.212. The van der Waals surface area contributed by atoms with Gasteiger partial charge in [-0.05, 0) is 54.7 Å². The van der Waals surface area contributed by atoms with E-state index in [1.807, 2.05) is 0 Å². The number of likely N-dealkylation sites (tertiary alicyclic amines) is 1. The van der Waals surface area contributed by atoms with Crippen LogP contribution in [0, 0.1) is 17.1 Å². The minimum atomic E-state index is -1.53. The summed E-state index contributed by atoms with van der Waals surface area (Å²) >= 11 is 0. The van der Waals surface area contributed by atoms with Crippen molar-refractivity contribution >= 4 is 29.6 Å². The first kappa shape index (κ1) is 24.2. The second-order valence-corrected chi connectivity index (χ2v) is 9.25. The molecular weight excluding hydrogens is 481 g/mol. The summed E-state index contributed by atoms with van der Waals surface area (Å²) in [6.07, 6.45) is 0.646. The van der Waals surface area contributed by atoms with Gasteiger partial charge in [-0.3, -0.25) is 9.59 Å². The summed E-state index contributed by atoms with van der Waals surface area (Å²) in [5.74, 6) is -1.62. The van der Waals surface area contributed by atoms with E-state index in [2.05, 4.69) is 16.7 Å². The maximum Gasteiger partial charge on any atom is 0.418 e. The fourth-order valence-corrected chi connectivity index (χ4v) is 5.44. The molecule has 3 atom stereocenters. The van der Waals surface area contributed by atoms with Gasteiger partial charge >= 0.3 is 12.1 Å². The van der Waals surface area contributed by atoms with Crippen LogP contribution in [-0.4, -0.2) is 53.4 Å². The number of carbonyl (C=O) groups excluding carboxylic acids is 4. The molecule has 2 aromatic rings. The highest BCUT2D eigenvalue weighted by Crippen LogP contribution is 2.46. The number of ether oxygens (including phenoxy) is 1. The molecular formula is C26H24FN5O5. The van der Waals surface area contributed by atoms with Crippen LogP contribution in [0.1, 0.15) is 42.0 Å². The number of imide groups is 1. The van der Waals surface area contributed by atoms with Gasteiger partial charge in [0.25, 0.3) is 5.91 Å². The molecule has 1 unspecified atom stereocenters. The molecule has 2 fully saturated rings. The average Bonchev–Trinajstić information content (AvgIpc) is 3.55. The van der Waals surface area contributed by atoms with E-state index in [9.17, 15) is 28.8 Å². The molecule has 3 aliphatic rings. The van der Waals surface area contributed by atoms with E-state index in [0.29, 0.717) is 36.1 Å². The first-order valence-corrected chi connectivity index (χ1v) is 11.9. The van der Waals surface area contributed by atoms with Crippen molar-refractivity contribution in [2.75, 3.05) is 18.9 Å². The van der Waals surface area contributed by atoms with Crippen molar-refractivity contribution < 1.29 is 28.3 Å². The molecule has 10 nitrogen and oxygen atoms in total. The van der Waals surface area contributed by atoms with Gasteiger partial charge in [0, 0.05) is 24.7 Å². The normalized spacial score (nSPS) is 24.1. The molecule has 2 heterocycles. The quantitative estimate of drug-likeness (QED) is 0.657. The molecule has 37 heavy (non-hydrogen) atoms. The summed E-state index contributed by atoms with van der Waals surface area (Å²) in [6, 6.07) is 11.2. The summed E-state index contributed by atoms with van der Waals surface area (Å²) in [6.45, 7) is -0.569. The number of nitrogens with one attached hydrogen (secondary N) is 2. The number of carbonyl (C=O) groups is 4. The van der Waals surface area contributed by atoms with E-state index >= 15 is 0 Å². The highest BCUT2D eigenvalue weighted by Gasteiger charge is 2.58. The van der Waals surface area contributed by atoms with Crippen LogP contribution in [0.2, 0.25) is 0 Å². The number of hydrogen-bond donors (Lipinski definition) is 2. The SMILES string of the molecule is CNC(=O)Nc1ccc2c(c1)CCC21OC(=O)N(CC(=O)N2[C@@H](c3ccc(F)cc3)CC[C@@H]2C#N)C1=O. The van der Waals surface area contributed by atoms with Crippen molar-refractivity contribution in [3.8, 4) is 6.07 Å². The summed E-state index contributed by atoms with van der Waals surface area (Å²) < 4.78 is 19.0. The van der Waals surface area contributed by atoms with Crippen LogP contribution in [0.4, 0.5) is 19.7 Å². The van der Waals surface area contributed by atoms with E-state index in [-0.39, 0.29) is 6.42 Å². The number of fused-ring (bicyclic) bond motifs is 2. The smallest absolute Gasteiger partial charge is 0.418 e. The Bertz CT molecular complexity index is 1340. The molecule has 2 aliphatic heterocycles. The molecule has 0 bridgehead atoms. The van der Waals surface area contributed by atoms with Gasteiger partial charge in [0.1, 0.15) is 18.4 Å². The fourth-order valence-electron chi connectivity index (χ4n) is 5.44. The zero-order valence-corrected chi connectivity index (χ0v) is 20.0. The lowest BCUT2D eigenvalue weighted by molar-refractivity contribution is -0.142. The van der Waals surface area contributed by atoms with Gasteiger partial charge in [-0.25, -0.2) is 18.9 Å². The predicted molar refractivity (Wildman–Crippen MR) is 127 cm³/mol. The number of rotatable bonds is 4. The number of amides is 5. The van der Waals surface area contributed by atoms with E-state index < -0.39 is 54.0 Å². The molecule has 2 aromatic carbocycles. The Morgan fingerprint density at radius 2 is 1.95 bits per heavy atom. The summed E-state index contributed by atoms with van der Waals surface area (Å²) in [5, 5.41) is 14.7. The van der Waals surface area contributed by atoms with Crippen molar-refractivity contribution in [2.24, 2.45) is 0 Å². The maximum atomic E-state index is 13.5. The second-order valence-electron chi connectivity index (χ2n) is 9.25. The third-order valence-electron chi connectivity index (χ3n) is 7.21. The molecule has 0 saturated carbocycles. The highest BCUT2D eigenvalue weighted by molar-refractivity contribution is 6.06. The van der Waals surface area contributed by atoms with Gasteiger partial charge in [0.15, 0.2) is 0 Å². The van der Waals surface area contributed by atoms with Crippen LogP contribution in [0.3, 0.4) is 0 Å². The number of anilines is 1. The van der Waals surface area contributed by atoms with E-state index in [1.165, 1.54) is 24.1 Å². The van der Waals surface area contributed by atoms with Gasteiger partial charge in [-0.2, -0.15) is 5.26 Å². The predicted octanol–water partition coefficient (Wildman–Crippen LogP) is 2.95. The van der Waals surface area contributed by atoms with Gasteiger partial charge < -0.3 is 20.3 Å². The van der Waals surface area contributed by atoms with Crippen LogP contribution in [0.5, 0.6) is 0 Å². The zero-order chi connectivity index (χ0) is 26.3. The number of benzene rings is 2. The Kier molecular flexibility index (Phi) is 6.03. The zero-order valence-electron chi connectivity index (χ0n) is 20.0. The van der Waals surface area contributed by atoms with Crippen molar-refractivity contribution in [2.45, 2.75) is 43.4 Å². The van der Waals surface area contributed by atoms with E-state index in [1.54, 1.807) is 30.3 Å². The van der Waals surface area contributed by atoms with Gasteiger partial charge in [0.2, 0.25) is 11.5 Å². The molecule has 2 N–H and O–H groups in total. The molecule has 11 heteroatoms. The van der Waals surface area contributed by atoms with E-state index in [0.717, 1.165) is 10.5 Å². The minimum Gasteiger partial charge on any atom is -0.427 e. The lowest BCUT2D eigenvalue weighted by Gasteiger charge is -2.29. The molecule has 5 amide bonds. The van der Waals surface area contributed by atoms with Crippen LogP contribution in [0.15, 0.2) is 42.5 Å². The summed E-state index contributed by atoms with van der Waals surface area (Å²) in [7, 11) is 1.49. The Balaban J connectivity index is 1.37. The first-order valence-electron chi connectivity index (χ1n) is 11.9. The number of nitriles is 1. The van der Waals surface area contributed by atoms with Crippen LogP contribution in [0.25, 0.3) is 0 Å². The lowest BCUT2D eigenvalue weighted by Crippen LogP contribution is -2.46. The van der Waals surface area contributed by atoms with Crippen LogP contribution < -0.4 is 10.6 Å². The average molecular weight is 506 g/mol. The van der Waals surface area contributed by atoms with E-state index in [4.69, 9.17) is 4.74 Å². The number of urea groups is 1. The van der Waals surface area contributed by atoms with Crippen LogP contribution in [-0.2, 0) is 26.3 Å². The number of halogens is 1. The monoisotopic (exact) mass is 505 g/mol. The standard InChI is InChI=1S/C26H24FN5O5/c1-29-24(35)30-18-6-8-20-16(12-18)10-11-26(20)23(34)31(25(36)37-26)14-22(33)32-19(13-28)7-9-21(32)15-2-4-17(27)5-3-15/h2-6,8,12,19,21H,7,9-11,14H2,1H3,(H2,29,30,35)/t19-,21-,26?/m1/s1. The summed E-state index contributed by atoms with van der Waals surface area (Å²) in [4.78, 5) is 53.5. The lowest BCUT2D eigenvalue weighted by atomic mass is 9.94. The number of aryl methyl sites for hydroxylation is 1. The van der Waals surface area contributed by atoms with Gasteiger partial charge in [-0.15, -0.1) is 0 Å². The molecule has 0 radical (unpaired) electrons. The molecule has 2 saturated heterocycles.